The van der Waals surface area contributed by atoms with Gasteiger partial charge in [0.1, 0.15) is 42.3 Å². The van der Waals surface area contributed by atoms with Crippen LogP contribution >= 0.6 is 0 Å². The maximum absolute atomic E-state index is 12.5. The predicted molar refractivity (Wildman–Crippen MR) is 144 cm³/mol. The van der Waals surface area contributed by atoms with Crippen molar-refractivity contribution in [2.24, 2.45) is 17.2 Å². The summed E-state index contributed by atoms with van der Waals surface area (Å²) in [6, 6.07) is -3.47. The Hall–Kier alpha value is -1.12. The van der Waals surface area contributed by atoms with Crippen molar-refractivity contribution in [3.05, 3.63) is 0 Å². The van der Waals surface area contributed by atoms with E-state index < -0.39 is 84.8 Å². The quantitative estimate of drug-likeness (QED) is 0.0942. The fourth-order valence-corrected chi connectivity index (χ4v) is 6.01. The van der Waals surface area contributed by atoms with Gasteiger partial charge in [-0.3, -0.25) is 4.79 Å². The monoisotopic (exact) mass is 596 g/mol. The standard InChI is InChI=1S/C25H49FN6O9/c1-24(37)11-39-23(18(34)20(24)30-2)41-19-14(32-22(36)15(33)9-27)7-17(29)25(38,21(19)35)8-16-13(28)4-3-12(40-16)10-31-6-5-26/h12-21,23,30-31,33-35,37-38H,3-11,27-29H2,1-2H3,(H,32,36). The van der Waals surface area contributed by atoms with E-state index in [4.69, 9.17) is 31.4 Å². The van der Waals surface area contributed by atoms with Crippen LogP contribution in [0.4, 0.5) is 4.39 Å². The summed E-state index contributed by atoms with van der Waals surface area (Å²) in [4.78, 5) is 12.5. The number of halogens is 1. The van der Waals surface area contributed by atoms with Gasteiger partial charge in [0.25, 0.3) is 0 Å². The van der Waals surface area contributed by atoms with E-state index in [1.165, 1.54) is 6.92 Å². The molecule has 0 aromatic carbocycles. The van der Waals surface area contributed by atoms with Crippen molar-refractivity contribution in [3.63, 3.8) is 0 Å². The van der Waals surface area contributed by atoms with Crippen molar-refractivity contribution in [2.45, 2.75) is 111 Å². The zero-order chi connectivity index (χ0) is 30.5. The molecule has 13 unspecified atom stereocenters. The Kier molecular flexibility index (Phi) is 12.2. The fourth-order valence-electron chi connectivity index (χ4n) is 6.01. The van der Waals surface area contributed by atoms with Crippen molar-refractivity contribution in [1.29, 1.82) is 0 Å². The van der Waals surface area contributed by atoms with Gasteiger partial charge in [0.2, 0.25) is 5.91 Å². The van der Waals surface area contributed by atoms with E-state index in [9.17, 15) is 34.7 Å². The van der Waals surface area contributed by atoms with Crippen LogP contribution in [0.3, 0.4) is 0 Å². The Balaban J connectivity index is 1.84. The molecule has 14 N–H and O–H groups in total. The molecule has 15 nitrogen and oxygen atoms in total. The average Bonchev–Trinajstić information content (AvgIpc) is 2.92. The van der Waals surface area contributed by atoms with Crippen molar-refractivity contribution in [3.8, 4) is 0 Å². The molecule has 3 aliphatic rings. The second-order valence-electron chi connectivity index (χ2n) is 11.7. The third kappa shape index (κ3) is 7.89. The summed E-state index contributed by atoms with van der Waals surface area (Å²) >= 11 is 0. The number of carbonyl (C=O) groups excluding carboxylic acids is 1. The smallest absolute Gasteiger partial charge is 0.250 e. The van der Waals surface area contributed by atoms with Crippen molar-refractivity contribution in [2.75, 3.05) is 40.0 Å². The maximum Gasteiger partial charge on any atom is 0.250 e. The first-order valence-corrected chi connectivity index (χ1v) is 14.2. The number of alkyl halides is 1. The van der Waals surface area contributed by atoms with Gasteiger partial charge in [-0.2, -0.15) is 0 Å². The van der Waals surface area contributed by atoms with E-state index in [2.05, 4.69) is 16.0 Å². The molecule has 0 bridgehead atoms. The molecule has 2 heterocycles. The van der Waals surface area contributed by atoms with Gasteiger partial charge >= 0.3 is 0 Å². The van der Waals surface area contributed by atoms with Gasteiger partial charge in [-0.05, 0) is 33.2 Å². The zero-order valence-electron chi connectivity index (χ0n) is 23.7. The molecule has 16 heteroatoms. The van der Waals surface area contributed by atoms with E-state index >= 15 is 0 Å². The number of aliphatic hydroxyl groups excluding tert-OH is 3. The summed E-state index contributed by atoms with van der Waals surface area (Å²) in [5, 5.41) is 63.2. The van der Waals surface area contributed by atoms with E-state index in [1.54, 1.807) is 7.05 Å². The Morgan fingerprint density at radius 2 is 1.95 bits per heavy atom. The molecule has 1 aliphatic carbocycles. The van der Waals surface area contributed by atoms with E-state index in [1.807, 2.05) is 0 Å². The van der Waals surface area contributed by atoms with Crippen molar-refractivity contribution < 1.29 is 48.9 Å². The second kappa shape index (κ2) is 14.6. The number of rotatable bonds is 12. The van der Waals surface area contributed by atoms with Crippen LogP contribution in [0.1, 0.15) is 32.6 Å². The minimum absolute atomic E-state index is 0.0965. The molecule has 1 saturated carbocycles. The van der Waals surface area contributed by atoms with Crippen molar-refractivity contribution in [1.82, 2.24) is 16.0 Å². The molecule has 1 amide bonds. The Bertz CT molecular complexity index is 849. The third-order valence-corrected chi connectivity index (χ3v) is 8.49. The molecule has 3 fully saturated rings. The lowest BCUT2D eigenvalue weighted by atomic mass is 9.70. The van der Waals surface area contributed by atoms with Crippen LogP contribution in [0.5, 0.6) is 0 Å². The summed E-state index contributed by atoms with van der Waals surface area (Å²) in [5.74, 6) is -0.835. The minimum atomic E-state index is -2.01. The fraction of sp³-hybridized carbons (Fsp3) is 0.960. The molecule has 41 heavy (non-hydrogen) atoms. The summed E-state index contributed by atoms with van der Waals surface area (Å²) in [5.41, 5.74) is 14.7. The molecule has 2 aliphatic heterocycles. The summed E-state index contributed by atoms with van der Waals surface area (Å²) in [7, 11) is 1.54. The number of nitrogens with two attached hydrogens (primary N) is 3. The Labute approximate surface area is 239 Å². The highest BCUT2D eigenvalue weighted by Gasteiger charge is 2.57. The second-order valence-corrected chi connectivity index (χ2v) is 11.7. The summed E-state index contributed by atoms with van der Waals surface area (Å²) < 4.78 is 30.2. The number of hydrogen-bond donors (Lipinski definition) is 11. The molecule has 2 saturated heterocycles. The molecular formula is C25H49FN6O9. The first-order valence-electron chi connectivity index (χ1n) is 14.2. The summed E-state index contributed by atoms with van der Waals surface area (Å²) in [6.45, 7) is 0.934. The molecule has 0 aromatic rings. The van der Waals surface area contributed by atoms with E-state index in [0.717, 1.165) is 0 Å². The highest BCUT2D eigenvalue weighted by atomic mass is 19.1. The zero-order valence-corrected chi connectivity index (χ0v) is 23.7. The highest BCUT2D eigenvalue weighted by Crippen LogP contribution is 2.38. The van der Waals surface area contributed by atoms with Crippen LogP contribution in [0.25, 0.3) is 0 Å². The lowest BCUT2D eigenvalue weighted by Crippen LogP contribution is -2.73. The van der Waals surface area contributed by atoms with Crippen LogP contribution in [0, 0.1) is 0 Å². The first kappa shape index (κ1) is 34.4. The number of amides is 1. The number of aliphatic hydroxyl groups is 5. The Morgan fingerprint density at radius 3 is 2.59 bits per heavy atom. The molecule has 0 spiro atoms. The molecule has 0 radical (unpaired) electrons. The van der Waals surface area contributed by atoms with E-state index in [-0.39, 0.29) is 38.6 Å². The van der Waals surface area contributed by atoms with Crippen LogP contribution in [0.15, 0.2) is 0 Å². The average molecular weight is 597 g/mol. The van der Waals surface area contributed by atoms with Gasteiger partial charge in [0, 0.05) is 38.1 Å². The molecular weight excluding hydrogens is 547 g/mol. The van der Waals surface area contributed by atoms with Gasteiger partial charge in [0.05, 0.1) is 30.9 Å². The highest BCUT2D eigenvalue weighted by molar-refractivity contribution is 5.81. The van der Waals surface area contributed by atoms with Crippen LogP contribution < -0.4 is 33.2 Å². The number of likely N-dealkylation sites (N-methyl/N-ethyl adjacent to an activating group) is 1. The largest absolute Gasteiger partial charge is 0.387 e. The van der Waals surface area contributed by atoms with Crippen LogP contribution in [-0.4, -0.2) is 150 Å². The van der Waals surface area contributed by atoms with Gasteiger partial charge in [-0.25, -0.2) is 4.39 Å². The lowest BCUT2D eigenvalue weighted by Gasteiger charge is -2.52. The van der Waals surface area contributed by atoms with E-state index in [0.29, 0.717) is 19.4 Å². The normalized spacial score (nSPS) is 44.4. The topological polar surface area (TPSA) is 260 Å². The Morgan fingerprint density at radius 1 is 1.24 bits per heavy atom. The molecule has 13 atom stereocenters. The number of nitrogens with one attached hydrogen (secondary N) is 3. The van der Waals surface area contributed by atoms with Crippen LogP contribution in [0.2, 0.25) is 0 Å². The molecule has 3 rings (SSSR count). The van der Waals surface area contributed by atoms with Gasteiger partial charge in [-0.1, -0.05) is 0 Å². The van der Waals surface area contributed by atoms with Gasteiger partial charge in [-0.15, -0.1) is 0 Å². The predicted octanol–water partition coefficient (Wildman–Crippen LogP) is -5.12. The SMILES string of the molecule is CNC1C(O)C(OC2C(NC(=O)C(O)CN)CC(N)C(O)(CC3OC(CNCCF)CCC3N)C2O)OCC1(C)O. The van der Waals surface area contributed by atoms with Crippen LogP contribution in [-0.2, 0) is 19.0 Å². The lowest BCUT2D eigenvalue weighted by molar-refractivity contribution is -0.306. The van der Waals surface area contributed by atoms with Gasteiger partial charge < -0.3 is 72.9 Å². The maximum atomic E-state index is 12.5. The minimum Gasteiger partial charge on any atom is -0.387 e. The van der Waals surface area contributed by atoms with Gasteiger partial charge in [0.15, 0.2) is 6.29 Å². The van der Waals surface area contributed by atoms with Crippen molar-refractivity contribution >= 4 is 5.91 Å². The number of ether oxygens (including phenoxy) is 3. The molecule has 0 aromatic heterocycles. The first-order chi connectivity index (χ1) is 19.3. The summed E-state index contributed by atoms with van der Waals surface area (Å²) in [6.07, 6.45) is -7.51. The number of carbonyl (C=O) groups is 1. The number of hydrogen-bond acceptors (Lipinski definition) is 14. The third-order valence-electron chi connectivity index (χ3n) is 8.49. The molecule has 240 valence electrons.